The number of anilines is 1. The maximum atomic E-state index is 12.1. The zero-order valence-electron chi connectivity index (χ0n) is 13.0. The quantitative estimate of drug-likeness (QED) is 0.350. The number of likely N-dealkylation sites (N-methyl/N-ethyl adjacent to an activating group) is 1. The molecule has 0 spiro atoms. The van der Waals surface area contributed by atoms with E-state index in [1.54, 1.807) is 6.92 Å². The Balaban J connectivity index is 2.98. The first-order chi connectivity index (χ1) is 10.8. The first-order valence-corrected chi connectivity index (χ1v) is 6.89. The lowest BCUT2D eigenvalue weighted by molar-refractivity contribution is -0.120. The van der Waals surface area contributed by atoms with Crippen molar-refractivity contribution in [1.29, 1.82) is 0 Å². The molecule has 0 atom stereocenters. The standard InChI is InChI=1S/C14H20N6O3/c1-3-17-12(22)7-18-13(23)9-4-10(19-8(2)21)6-11(5-9)20-14(15)16/h4-6H,3,7H2,1-2H3,(H,17,22)(H,18,23)(H,19,21)(H4,15,16,20). The fourth-order valence-corrected chi connectivity index (χ4v) is 1.75. The minimum absolute atomic E-state index is 0.158. The van der Waals surface area contributed by atoms with Crippen molar-refractivity contribution in [2.45, 2.75) is 13.8 Å². The predicted molar refractivity (Wildman–Crippen MR) is 87.2 cm³/mol. The Morgan fingerprint density at radius 3 is 2.39 bits per heavy atom. The molecule has 3 amide bonds. The van der Waals surface area contributed by atoms with E-state index < -0.39 is 5.91 Å². The third-order valence-electron chi connectivity index (χ3n) is 2.54. The highest BCUT2D eigenvalue weighted by Crippen LogP contribution is 2.21. The molecule has 9 nitrogen and oxygen atoms in total. The number of guanidine groups is 1. The summed E-state index contributed by atoms with van der Waals surface area (Å²) < 4.78 is 0. The van der Waals surface area contributed by atoms with E-state index in [1.807, 2.05) is 0 Å². The molecule has 1 rings (SSSR count). The van der Waals surface area contributed by atoms with Crippen LogP contribution in [-0.2, 0) is 9.59 Å². The number of carbonyl (C=O) groups excluding carboxylic acids is 3. The number of nitrogens with one attached hydrogen (secondary N) is 3. The molecular weight excluding hydrogens is 300 g/mol. The number of hydrogen-bond acceptors (Lipinski definition) is 4. The summed E-state index contributed by atoms with van der Waals surface area (Å²) in [6, 6.07) is 4.42. The molecule has 0 aromatic heterocycles. The van der Waals surface area contributed by atoms with Crippen LogP contribution in [0.1, 0.15) is 24.2 Å². The van der Waals surface area contributed by atoms with Crippen molar-refractivity contribution in [2.24, 2.45) is 16.5 Å². The molecule has 0 saturated carbocycles. The summed E-state index contributed by atoms with van der Waals surface area (Å²) in [5, 5.41) is 7.58. The lowest BCUT2D eigenvalue weighted by Gasteiger charge is -2.09. The van der Waals surface area contributed by atoms with Gasteiger partial charge in [0.25, 0.3) is 5.91 Å². The van der Waals surface area contributed by atoms with E-state index in [0.717, 1.165) is 0 Å². The Hall–Kier alpha value is -3.10. The van der Waals surface area contributed by atoms with Gasteiger partial charge in [0.2, 0.25) is 11.8 Å². The SMILES string of the molecule is CCNC(=O)CNC(=O)c1cc(N=C(N)N)cc(NC(C)=O)c1. The van der Waals surface area contributed by atoms with Gasteiger partial charge >= 0.3 is 0 Å². The topological polar surface area (TPSA) is 152 Å². The van der Waals surface area contributed by atoms with Gasteiger partial charge in [-0.2, -0.15) is 0 Å². The van der Waals surface area contributed by atoms with Crippen LogP contribution in [-0.4, -0.2) is 36.8 Å². The van der Waals surface area contributed by atoms with E-state index in [1.165, 1.54) is 25.1 Å². The van der Waals surface area contributed by atoms with Gasteiger partial charge in [-0.05, 0) is 25.1 Å². The van der Waals surface area contributed by atoms with Crippen LogP contribution in [0.5, 0.6) is 0 Å². The van der Waals surface area contributed by atoms with Gasteiger partial charge in [0.1, 0.15) is 0 Å². The van der Waals surface area contributed by atoms with E-state index in [0.29, 0.717) is 17.9 Å². The van der Waals surface area contributed by atoms with Crippen molar-refractivity contribution < 1.29 is 14.4 Å². The molecule has 0 aliphatic heterocycles. The predicted octanol–water partition coefficient (Wildman–Crippen LogP) is -0.584. The van der Waals surface area contributed by atoms with Crippen LogP contribution in [0.25, 0.3) is 0 Å². The highest BCUT2D eigenvalue weighted by atomic mass is 16.2. The number of nitrogens with two attached hydrogens (primary N) is 2. The molecule has 0 bridgehead atoms. The van der Waals surface area contributed by atoms with Gasteiger partial charge in [-0.15, -0.1) is 0 Å². The summed E-state index contributed by atoms with van der Waals surface area (Å²) in [7, 11) is 0. The van der Waals surface area contributed by atoms with Gasteiger partial charge in [0.05, 0.1) is 12.2 Å². The van der Waals surface area contributed by atoms with Crippen LogP contribution in [0.4, 0.5) is 11.4 Å². The normalized spacial score (nSPS) is 9.65. The molecule has 0 heterocycles. The summed E-state index contributed by atoms with van der Waals surface area (Å²) in [6.45, 7) is 3.43. The molecule has 1 aromatic carbocycles. The zero-order valence-corrected chi connectivity index (χ0v) is 13.0. The van der Waals surface area contributed by atoms with Gasteiger partial charge in [-0.25, -0.2) is 4.99 Å². The van der Waals surface area contributed by atoms with E-state index in [4.69, 9.17) is 11.5 Å². The Morgan fingerprint density at radius 1 is 1.13 bits per heavy atom. The Morgan fingerprint density at radius 2 is 1.83 bits per heavy atom. The molecule has 1 aromatic rings. The Bertz CT molecular complexity index is 637. The maximum Gasteiger partial charge on any atom is 0.251 e. The van der Waals surface area contributed by atoms with Crippen LogP contribution in [0.3, 0.4) is 0 Å². The Labute approximate surface area is 133 Å². The number of amides is 3. The molecule has 0 saturated heterocycles. The fraction of sp³-hybridized carbons (Fsp3) is 0.286. The second kappa shape index (κ2) is 8.37. The van der Waals surface area contributed by atoms with Crippen LogP contribution in [0.15, 0.2) is 23.2 Å². The third-order valence-corrected chi connectivity index (χ3v) is 2.54. The Kier molecular flexibility index (Phi) is 6.53. The minimum atomic E-state index is -0.490. The number of hydrogen-bond donors (Lipinski definition) is 5. The smallest absolute Gasteiger partial charge is 0.251 e. The average Bonchev–Trinajstić information content (AvgIpc) is 2.43. The van der Waals surface area contributed by atoms with Crippen molar-refractivity contribution in [2.75, 3.05) is 18.4 Å². The summed E-state index contributed by atoms with van der Waals surface area (Å²) in [4.78, 5) is 38.5. The summed E-state index contributed by atoms with van der Waals surface area (Å²) in [6.07, 6.45) is 0. The second-order valence-electron chi connectivity index (χ2n) is 4.62. The van der Waals surface area contributed by atoms with E-state index in [2.05, 4.69) is 20.9 Å². The van der Waals surface area contributed by atoms with E-state index in [9.17, 15) is 14.4 Å². The molecule has 0 fully saturated rings. The van der Waals surface area contributed by atoms with Crippen molar-refractivity contribution in [3.63, 3.8) is 0 Å². The molecule has 0 radical (unpaired) electrons. The lowest BCUT2D eigenvalue weighted by atomic mass is 10.1. The first-order valence-electron chi connectivity index (χ1n) is 6.89. The largest absolute Gasteiger partial charge is 0.370 e. The second-order valence-corrected chi connectivity index (χ2v) is 4.62. The number of rotatable bonds is 6. The number of carbonyl (C=O) groups is 3. The molecule has 23 heavy (non-hydrogen) atoms. The molecule has 124 valence electrons. The number of aliphatic imine (C=N–C) groups is 1. The van der Waals surface area contributed by atoms with Crippen molar-refractivity contribution >= 4 is 35.1 Å². The number of nitrogens with zero attached hydrogens (tertiary/aromatic N) is 1. The van der Waals surface area contributed by atoms with E-state index >= 15 is 0 Å². The van der Waals surface area contributed by atoms with Crippen molar-refractivity contribution in [3.05, 3.63) is 23.8 Å². The van der Waals surface area contributed by atoms with Crippen molar-refractivity contribution in [3.8, 4) is 0 Å². The third kappa shape index (κ3) is 6.46. The zero-order chi connectivity index (χ0) is 17.4. The van der Waals surface area contributed by atoms with Gasteiger partial charge in [0, 0.05) is 24.7 Å². The minimum Gasteiger partial charge on any atom is -0.370 e. The molecule has 0 aliphatic carbocycles. The lowest BCUT2D eigenvalue weighted by Crippen LogP contribution is -2.36. The highest BCUT2D eigenvalue weighted by Gasteiger charge is 2.11. The average molecular weight is 320 g/mol. The monoisotopic (exact) mass is 320 g/mol. The number of benzene rings is 1. The van der Waals surface area contributed by atoms with Gasteiger partial charge in [-0.1, -0.05) is 0 Å². The summed E-state index contributed by atoms with van der Waals surface area (Å²) >= 11 is 0. The van der Waals surface area contributed by atoms with Crippen LogP contribution in [0.2, 0.25) is 0 Å². The highest BCUT2D eigenvalue weighted by molar-refractivity contribution is 5.99. The van der Waals surface area contributed by atoms with Crippen LogP contribution in [0, 0.1) is 0 Å². The van der Waals surface area contributed by atoms with Crippen LogP contribution >= 0.6 is 0 Å². The van der Waals surface area contributed by atoms with E-state index in [-0.39, 0.29) is 29.9 Å². The van der Waals surface area contributed by atoms with Crippen molar-refractivity contribution in [1.82, 2.24) is 10.6 Å². The van der Waals surface area contributed by atoms with Gasteiger partial charge in [-0.3, -0.25) is 14.4 Å². The van der Waals surface area contributed by atoms with Gasteiger partial charge < -0.3 is 27.4 Å². The summed E-state index contributed by atoms with van der Waals surface area (Å²) in [5.74, 6) is -1.28. The fourth-order valence-electron chi connectivity index (χ4n) is 1.75. The molecule has 0 aliphatic rings. The molecular formula is C14H20N6O3. The van der Waals surface area contributed by atoms with Gasteiger partial charge in [0.15, 0.2) is 5.96 Å². The molecule has 0 unspecified atom stereocenters. The molecule has 7 N–H and O–H groups in total. The van der Waals surface area contributed by atoms with Crippen LogP contribution < -0.4 is 27.4 Å². The molecule has 9 heteroatoms. The first kappa shape index (κ1) is 18.0. The summed E-state index contributed by atoms with van der Waals surface area (Å²) in [5.41, 5.74) is 11.5. The maximum absolute atomic E-state index is 12.1.